The average Bonchev–Trinajstić information content (AvgIpc) is 3.96. The van der Waals surface area contributed by atoms with Crippen LogP contribution < -0.4 is 0 Å². The van der Waals surface area contributed by atoms with Crippen molar-refractivity contribution in [2.24, 2.45) is 0 Å². The fourth-order valence-corrected chi connectivity index (χ4v) is 10.4. The summed E-state index contributed by atoms with van der Waals surface area (Å²) in [6.45, 7) is 4.74. The maximum absolute atomic E-state index is 6.19. The van der Waals surface area contributed by atoms with Crippen molar-refractivity contribution in [1.29, 1.82) is 0 Å². The van der Waals surface area contributed by atoms with Gasteiger partial charge in [-0.05, 0) is 132 Å². The Labute approximate surface area is 329 Å². The highest BCUT2D eigenvalue weighted by Gasteiger charge is 2.36. The van der Waals surface area contributed by atoms with Crippen molar-refractivity contribution in [2.45, 2.75) is 19.3 Å². The van der Waals surface area contributed by atoms with Crippen LogP contribution in [0, 0.1) is 0 Å². The zero-order valence-corrected chi connectivity index (χ0v) is 31.6. The predicted molar refractivity (Wildman–Crippen MR) is 238 cm³/mol. The molecule has 0 fully saturated rings. The van der Waals surface area contributed by atoms with Gasteiger partial charge < -0.3 is 8.98 Å². The molecule has 2 nitrogen and oxygen atoms in total. The molecule has 2 aliphatic rings. The minimum absolute atomic E-state index is 0.103. The van der Waals surface area contributed by atoms with Crippen LogP contribution in [-0.4, -0.2) is 4.57 Å². The first-order valence-electron chi connectivity index (χ1n) is 19.9. The lowest BCUT2D eigenvalue weighted by molar-refractivity contribution is 0.661. The molecule has 0 amide bonds. The lowest BCUT2D eigenvalue weighted by atomic mass is 9.82. The number of para-hydroxylation sites is 1. The molecule has 2 aliphatic carbocycles. The van der Waals surface area contributed by atoms with E-state index in [1.807, 2.05) is 12.1 Å². The second kappa shape index (κ2) is 11.0. The van der Waals surface area contributed by atoms with E-state index in [0.717, 1.165) is 27.6 Å². The highest BCUT2D eigenvalue weighted by molar-refractivity contribution is 6.19. The van der Waals surface area contributed by atoms with E-state index in [1.165, 1.54) is 99.3 Å². The SMILES string of the molecule is CC1(C)c2ccccc2-c2cc3c4cc(-c5ccc6oc7ccccc7c6c5)ccc4n(-c4ccc(-c5ccc6c7c(cccc57)-c5ccccc5-6)cc4)c3cc21. The van der Waals surface area contributed by atoms with Gasteiger partial charge in [0, 0.05) is 32.6 Å². The largest absolute Gasteiger partial charge is 0.456 e. The smallest absolute Gasteiger partial charge is 0.135 e. The second-order valence-corrected chi connectivity index (χ2v) is 16.4. The molecule has 0 bridgehead atoms. The Morgan fingerprint density at radius 2 is 0.982 bits per heavy atom. The zero-order chi connectivity index (χ0) is 37.6. The Balaban J connectivity index is 1.01. The first kappa shape index (κ1) is 31.1. The summed E-state index contributed by atoms with van der Waals surface area (Å²) >= 11 is 0. The molecule has 0 saturated carbocycles. The summed E-state index contributed by atoms with van der Waals surface area (Å²) in [5.74, 6) is 0. The van der Waals surface area contributed by atoms with Crippen LogP contribution in [0.3, 0.4) is 0 Å². The number of furan rings is 1. The molecule has 11 aromatic rings. The molecule has 0 atom stereocenters. The molecule has 0 aliphatic heterocycles. The maximum Gasteiger partial charge on any atom is 0.135 e. The number of hydrogen-bond donors (Lipinski definition) is 0. The summed E-state index contributed by atoms with van der Waals surface area (Å²) in [6, 6.07) is 65.2. The van der Waals surface area contributed by atoms with Crippen molar-refractivity contribution in [2.75, 3.05) is 0 Å². The number of nitrogens with zero attached hydrogens (tertiary/aromatic N) is 1. The van der Waals surface area contributed by atoms with Crippen LogP contribution in [0.25, 0.3) is 116 Å². The lowest BCUT2D eigenvalue weighted by Crippen LogP contribution is -2.14. The van der Waals surface area contributed by atoms with Crippen molar-refractivity contribution in [3.05, 3.63) is 187 Å². The minimum Gasteiger partial charge on any atom is -0.456 e. The molecule has 2 heteroatoms. The third-order valence-electron chi connectivity index (χ3n) is 13.2. The number of aromatic nitrogens is 1. The van der Waals surface area contributed by atoms with Gasteiger partial charge >= 0.3 is 0 Å². The van der Waals surface area contributed by atoms with E-state index in [2.05, 4.69) is 182 Å². The van der Waals surface area contributed by atoms with Crippen LogP contribution in [0.1, 0.15) is 25.0 Å². The third kappa shape index (κ3) is 4.14. The van der Waals surface area contributed by atoms with Crippen LogP contribution in [0.15, 0.2) is 180 Å². The van der Waals surface area contributed by atoms with Crippen LogP contribution in [0.2, 0.25) is 0 Å². The highest BCUT2D eigenvalue weighted by Crippen LogP contribution is 2.52. The van der Waals surface area contributed by atoms with E-state index in [0.29, 0.717) is 0 Å². The summed E-state index contributed by atoms with van der Waals surface area (Å²) in [6.07, 6.45) is 0. The van der Waals surface area contributed by atoms with Crippen LogP contribution >= 0.6 is 0 Å². The summed E-state index contributed by atoms with van der Waals surface area (Å²) in [4.78, 5) is 0. The summed E-state index contributed by atoms with van der Waals surface area (Å²) in [5, 5.41) is 7.47. The summed E-state index contributed by atoms with van der Waals surface area (Å²) in [7, 11) is 0. The van der Waals surface area contributed by atoms with Gasteiger partial charge in [-0.25, -0.2) is 0 Å². The molecule has 266 valence electrons. The molecule has 2 heterocycles. The zero-order valence-electron chi connectivity index (χ0n) is 31.6. The first-order valence-corrected chi connectivity index (χ1v) is 19.9. The Morgan fingerprint density at radius 1 is 0.368 bits per heavy atom. The monoisotopic (exact) mass is 725 g/mol. The number of rotatable bonds is 3. The molecule has 0 spiro atoms. The number of fused-ring (bicyclic) bond motifs is 12. The van der Waals surface area contributed by atoms with Gasteiger partial charge in [0.25, 0.3) is 0 Å². The summed E-state index contributed by atoms with van der Waals surface area (Å²) < 4.78 is 8.67. The van der Waals surface area contributed by atoms with Gasteiger partial charge in [0.1, 0.15) is 11.2 Å². The lowest BCUT2D eigenvalue weighted by Gasteiger charge is -2.21. The minimum atomic E-state index is -0.103. The van der Waals surface area contributed by atoms with E-state index < -0.39 is 0 Å². The van der Waals surface area contributed by atoms with E-state index in [9.17, 15) is 0 Å². The standard InChI is InChI=1S/C55H35NO/c1-55(2)48-16-7-5-12-39(48)44-30-46-45-28-33(34-21-27-53-47(29-34)40-13-6-8-17-52(40)57-53)20-26-50(45)56(51(46)31-49(44)55)35-22-18-32(19-23-35)36-24-25-43-38-11-4-3-10-37(38)42-15-9-14-41(36)54(42)43/h3-31H,1-2H3. The molecule has 0 N–H and O–H groups in total. The van der Waals surface area contributed by atoms with Gasteiger partial charge in [-0.3, -0.25) is 0 Å². The topological polar surface area (TPSA) is 18.1 Å². The molecule has 2 aromatic heterocycles. The number of hydrogen-bond acceptors (Lipinski definition) is 1. The average molecular weight is 726 g/mol. The van der Waals surface area contributed by atoms with Crippen molar-refractivity contribution in [3.63, 3.8) is 0 Å². The van der Waals surface area contributed by atoms with Crippen molar-refractivity contribution >= 4 is 54.5 Å². The van der Waals surface area contributed by atoms with Crippen LogP contribution in [0.4, 0.5) is 0 Å². The van der Waals surface area contributed by atoms with Gasteiger partial charge in [0.05, 0.1) is 11.0 Å². The van der Waals surface area contributed by atoms with Crippen molar-refractivity contribution < 1.29 is 4.42 Å². The fraction of sp³-hybridized carbons (Fsp3) is 0.0545. The van der Waals surface area contributed by atoms with Crippen molar-refractivity contribution in [1.82, 2.24) is 4.57 Å². The van der Waals surface area contributed by atoms with Crippen LogP contribution in [0.5, 0.6) is 0 Å². The Bertz CT molecular complexity index is 3510. The molecular formula is C55H35NO. The molecule has 57 heavy (non-hydrogen) atoms. The molecule has 9 aromatic carbocycles. The van der Waals surface area contributed by atoms with E-state index in [1.54, 1.807) is 0 Å². The quantitative estimate of drug-likeness (QED) is 0.177. The molecular weight excluding hydrogens is 691 g/mol. The van der Waals surface area contributed by atoms with E-state index in [4.69, 9.17) is 4.42 Å². The summed E-state index contributed by atoms with van der Waals surface area (Å²) in [5.41, 5.74) is 21.0. The number of benzene rings is 9. The Morgan fingerprint density at radius 3 is 1.82 bits per heavy atom. The van der Waals surface area contributed by atoms with Gasteiger partial charge in [-0.1, -0.05) is 135 Å². The molecule has 0 radical (unpaired) electrons. The Hall–Kier alpha value is -7.16. The fourth-order valence-electron chi connectivity index (χ4n) is 10.4. The Kier molecular flexibility index (Phi) is 6.00. The van der Waals surface area contributed by atoms with E-state index in [-0.39, 0.29) is 5.41 Å². The maximum atomic E-state index is 6.19. The first-order chi connectivity index (χ1) is 28.0. The predicted octanol–water partition coefficient (Wildman–Crippen LogP) is 15.1. The van der Waals surface area contributed by atoms with Crippen molar-refractivity contribution in [3.8, 4) is 61.3 Å². The molecule has 0 unspecified atom stereocenters. The molecule has 0 saturated heterocycles. The normalized spacial score (nSPS) is 13.6. The van der Waals surface area contributed by atoms with Gasteiger partial charge in [-0.15, -0.1) is 0 Å². The third-order valence-corrected chi connectivity index (χ3v) is 13.2. The highest BCUT2D eigenvalue weighted by atomic mass is 16.3. The van der Waals surface area contributed by atoms with Gasteiger partial charge in [-0.2, -0.15) is 0 Å². The van der Waals surface area contributed by atoms with E-state index >= 15 is 0 Å². The van der Waals surface area contributed by atoms with Gasteiger partial charge in [0.15, 0.2) is 0 Å². The van der Waals surface area contributed by atoms with Crippen LogP contribution in [-0.2, 0) is 5.41 Å². The molecule has 13 rings (SSSR count). The second-order valence-electron chi connectivity index (χ2n) is 16.4. The van der Waals surface area contributed by atoms with Gasteiger partial charge in [0.2, 0.25) is 0 Å².